The molecule has 1 aliphatic carbocycles. The first-order chi connectivity index (χ1) is 30.3. The summed E-state index contributed by atoms with van der Waals surface area (Å²) in [6.07, 6.45) is 0. The highest BCUT2D eigenvalue weighted by atomic mass is 32.1. The quantitative estimate of drug-likeness (QED) is 0.155. The number of nitrogens with zero attached hydrogens (tertiary/aromatic N) is 1. The maximum Gasteiger partial charge on any atom is 0.0714 e. The Balaban J connectivity index is 1.05. The molecule has 0 spiro atoms. The van der Waals surface area contributed by atoms with E-state index >= 15 is 0 Å². The third-order valence-corrected chi connectivity index (χ3v) is 13.9. The van der Waals surface area contributed by atoms with Gasteiger partial charge in [-0.3, -0.25) is 0 Å². The Labute approximate surface area is 360 Å². The summed E-state index contributed by atoms with van der Waals surface area (Å²) in [7, 11) is 0. The van der Waals surface area contributed by atoms with Crippen LogP contribution in [0.1, 0.15) is 22.3 Å². The third-order valence-electron chi connectivity index (χ3n) is 12.8. The number of fused-ring (bicyclic) bond motifs is 8. The summed E-state index contributed by atoms with van der Waals surface area (Å²) in [5, 5.41) is 5.24. The van der Waals surface area contributed by atoms with E-state index < -0.39 is 5.41 Å². The molecule has 0 atom stereocenters. The minimum Gasteiger partial charge on any atom is -0.310 e. The van der Waals surface area contributed by atoms with E-state index in [0.29, 0.717) is 0 Å². The van der Waals surface area contributed by atoms with Gasteiger partial charge in [-0.05, 0) is 115 Å². The van der Waals surface area contributed by atoms with Gasteiger partial charge in [0, 0.05) is 37.2 Å². The van der Waals surface area contributed by atoms with E-state index in [2.05, 4.69) is 241 Å². The van der Waals surface area contributed by atoms with Crippen LogP contribution in [-0.4, -0.2) is 0 Å². The molecule has 1 nitrogen and oxygen atoms in total. The second-order valence-corrected chi connectivity index (χ2v) is 17.1. The van der Waals surface area contributed by atoms with E-state index in [1.807, 2.05) is 11.3 Å². The molecule has 0 saturated heterocycles. The summed E-state index contributed by atoms with van der Waals surface area (Å²) >= 11 is 1.88. The van der Waals surface area contributed by atoms with E-state index in [4.69, 9.17) is 0 Å². The van der Waals surface area contributed by atoms with Crippen molar-refractivity contribution >= 4 is 59.3 Å². The van der Waals surface area contributed by atoms with Crippen molar-refractivity contribution in [1.82, 2.24) is 0 Å². The van der Waals surface area contributed by atoms with Gasteiger partial charge in [0.2, 0.25) is 0 Å². The molecule has 12 rings (SSSR count). The monoisotopic (exact) mass is 793 g/mol. The second kappa shape index (κ2) is 14.3. The van der Waals surface area contributed by atoms with Crippen LogP contribution in [0.25, 0.3) is 64.3 Å². The lowest BCUT2D eigenvalue weighted by molar-refractivity contribution is 0.768. The maximum absolute atomic E-state index is 2.46. The van der Waals surface area contributed by atoms with Gasteiger partial charge >= 0.3 is 0 Å². The fourth-order valence-electron chi connectivity index (χ4n) is 10.1. The van der Waals surface area contributed by atoms with E-state index in [9.17, 15) is 0 Å². The van der Waals surface area contributed by atoms with Crippen molar-refractivity contribution in [3.63, 3.8) is 0 Å². The van der Waals surface area contributed by atoms with Crippen molar-refractivity contribution in [3.8, 4) is 33.4 Å². The molecule has 61 heavy (non-hydrogen) atoms. The molecule has 0 bridgehead atoms. The predicted octanol–water partition coefficient (Wildman–Crippen LogP) is 16.4. The Hall–Kier alpha value is -7.52. The lowest BCUT2D eigenvalue weighted by Crippen LogP contribution is -2.28. The highest BCUT2D eigenvalue weighted by Crippen LogP contribution is 2.57. The van der Waals surface area contributed by atoms with Crippen molar-refractivity contribution in [2.24, 2.45) is 0 Å². The minimum absolute atomic E-state index is 0.497. The van der Waals surface area contributed by atoms with E-state index in [1.165, 1.54) is 86.6 Å². The van der Waals surface area contributed by atoms with Crippen molar-refractivity contribution in [2.75, 3.05) is 4.90 Å². The largest absolute Gasteiger partial charge is 0.310 e. The second-order valence-electron chi connectivity index (χ2n) is 16.0. The van der Waals surface area contributed by atoms with E-state index in [-0.39, 0.29) is 0 Å². The zero-order valence-electron chi connectivity index (χ0n) is 33.4. The molecule has 0 amide bonds. The van der Waals surface area contributed by atoms with Gasteiger partial charge in [0.15, 0.2) is 0 Å². The first-order valence-corrected chi connectivity index (χ1v) is 21.8. The molecular weight excluding hydrogens is 755 g/mol. The Bertz CT molecular complexity index is 3350. The van der Waals surface area contributed by atoms with Crippen LogP contribution < -0.4 is 4.90 Å². The molecule has 1 aromatic heterocycles. The van der Waals surface area contributed by atoms with Gasteiger partial charge in [-0.2, -0.15) is 0 Å². The average molecular weight is 794 g/mol. The molecule has 286 valence electrons. The topological polar surface area (TPSA) is 3.24 Å². The van der Waals surface area contributed by atoms with Crippen molar-refractivity contribution in [1.29, 1.82) is 0 Å². The molecule has 1 aliphatic rings. The summed E-state index contributed by atoms with van der Waals surface area (Å²) in [6.45, 7) is 0. The first kappa shape index (κ1) is 35.4. The summed E-state index contributed by atoms with van der Waals surface area (Å²) in [5.74, 6) is 0. The lowest BCUT2D eigenvalue weighted by Gasteiger charge is -2.35. The van der Waals surface area contributed by atoms with Gasteiger partial charge in [-0.15, -0.1) is 11.3 Å². The number of rotatable bonds is 7. The van der Waals surface area contributed by atoms with E-state index in [0.717, 1.165) is 17.1 Å². The maximum atomic E-state index is 2.46. The van der Waals surface area contributed by atoms with Gasteiger partial charge in [-0.25, -0.2) is 0 Å². The molecule has 0 fully saturated rings. The molecule has 0 unspecified atom stereocenters. The summed E-state index contributed by atoms with van der Waals surface area (Å²) in [4.78, 5) is 2.43. The zero-order valence-corrected chi connectivity index (χ0v) is 34.2. The van der Waals surface area contributed by atoms with Crippen LogP contribution in [-0.2, 0) is 5.41 Å². The van der Waals surface area contributed by atoms with E-state index in [1.54, 1.807) is 0 Å². The molecule has 1 heterocycles. The Morgan fingerprint density at radius 3 is 1.61 bits per heavy atom. The molecule has 0 aliphatic heterocycles. The Morgan fingerprint density at radius 1 is 0.328 bits per heavy atom. The van der Waals surface area contributed by atoms with Gasteiger partial charge < -0.3 is 4.90 Å². The van der Waals surface area contributed by atoms with Crippen LogP contribution in [0.3, 0.4) is 0 Å². The third kappa shape index (κ3) is 5.60. The number of hydrogen-bond donors (Lipinski definition) is 0. The molecule has 10 aromatic carbocycles. The molecule has 0 radical (unpaired) electrons. The van der Waals surface area contributed by atoms with Crippen LogP contribution in [0.2, 0.25) is 0 Å². The Morgan fingerprint density at radius 2 is 0.885 bits per heavy atom. The van der Waals surface area contributed by atoms with Crippen LogP contribution in [0.4, 0.5) is 17.1 Å². The standard InChI is InChI=1S/C59H39NS/c1-4-15-40(16-5-1)41-27-32-46(33-28-41)60(47-34-29-42(30-35-47)49-24-14-17-43-31-38-56-58(57(43)49)52-23-11-13-26-55(52)61-56)48-36-37-51-50-22-10-12-25-53(50)59(54(51)39-48,44-18-6-2-7-19-44)45-20-8-3-9-21-45/h1-39H. The highest BCUT2D eigenvalue weighted by Gasteiger charge is 2.46. The molecule has 2 heteroatoms. The number of thiophene rings is 1. The van der Waals surface area contributed by atoms with Gasteiger partial charge in [0.25, 0.3) is 0 Å². The number of anilines is 3. The minimum atomic E-state index is -0.497. The summed E-state index contributed by atoms with van der Waals surface area (Å²) in [6, 6.07) is 87.2. The van der Waals surface area contributed by atoms with Crippen LogP contribution >= 0.6 is 11.3 Å². The molecule has 0 N–H and O–H groups in total. The van der Waals surface area contributed by atoms with Crippen molar-refractivity contribution in [3.05, 3.63) is 259 Å². The van der Waals surface area contributed by atoms with Gasteiger partial charge in [0.1, 0.15) is 0 Å². The fraction of sp³-hybridized carbons (Fsp3) is 0.0169. The number of benzene rings is 10. The summed E-state index contributed by atoms with van der Waals surface area (Å²) < 4.78 is 2.65. The highest BCUT2D eigenvalue weighted by molar-refractivity contribution is 7.26. The summed E-state index contributed by atoms with van der Waals surface area (Å²) in [5.41, 5.74) is 15.3. The smallest absolute Gasteiger partial charge is 0.0714 e. The number of hydrogen-bond acceptors (Lipinski definition) is 2. The molecular formula is C59H39NS. The van der Waals surface area contributed by atoms with Crippen molar-refractivity contribution in [2.45, 2.75) is 5.41 Å². The van der Waals surface area contributed by atoms with Gasteiger partial charge in [0.05, 0.1) is 5.41 Å². The normalized spacial score (nSPS) is 12.7. The molecule has 0 saturated carbocycles. The van der Waals surface area contributed by atoms with Crippen LogP contribution in [0, 0.1) is 0 Å². The van der Waals surface area contributed by atoms with Crippen LogP contribution in [0.5, 0.6) is 0 Å². The first-order valence-electron chi connectivity index (χ1n) is 21.0. The molecule has 11 aromatic rings. The van der Waals surface area contributed by atoms with Gasteiger partial charge in [-0.1, -0.05) is 188 Å². The lowest BCUT2D eigenvalue weighted by atomic mass is 9.67. The SMILES string of the molecule is c1ccc(-c2ccc(N(c3ccc(-c4cccc5ccc6sc7ccccc7c6c45)cc3)c3ccc4c(c3)C(c3ccccc3)(c3ccccc3)c3ccccc3-4)cc2)cc1. The fourth-order valence-corrected chi connectivity index (χ4v) is 11.2. The zero-order chi connectivity index (χ0) is 40.3. The average Bonchev–Trinajstić information content (AvgIpc) is 3.87. The van der Waals surface area contributed by atoms with Crippen LogP contribution in [0.15, 0.2) is 237 Å². The Kier molecular flexibility index (Phi) is 8.33. The predicted molar refractivity (Wildman–Crippen MR) is 260 cm³/mol. The van der Waals surface area contributed by atoms with Crippen molar-refractivity contribution < 1.29 is 0 Å².